The molecule has 0 heterocycles. The Hall–Kier alpha value is -1.40. The summed E-state index contributed by atoms with van der Waals surface area (Å²) < 4.78 is 5.45. The van der Waals surface area contributed by atoms with Crippen molar-refractivity contribution in [1.29, 1.82) is 0 Å². The molecule has 2 unspecified atom stereocenters. The minimum Gasteiger partial charge on any atom is -0.466 e. The van der Waals surface area contributed by atoms with Crippen molar-refractivity contribution >= 4 is 11.9 Å². The Bertz CT molecular complexity index is 772. The van der Waals surface area contributed by atoms with Crippen LogP contribution in [0.2, 0.25) is 0 Å². The van der Waals surface area contributed by atoms with Crippen molar-refractivity contribution in [2.45, 2.75) is 257 Å². The fourth-order valence-corrected chi connectivity index (χ4v) is 6.98. The van der Waals surface area contributed by atoms with E-state index in [0.717, 1.165) is 57.8 Å². The topological polar surface area (TPSA) is 95.9 Å². The minimum absolute atomic E-state index is 0.0134. The largest absolute Gasteiger partial charge is 0.466 e. The van der Waals surface area contributed by atoms with Gasteiger partial charge in [0, 0.05) is 12.8 Å². The summed E-state index contributed by atoms with van der Waals surface area (Å²) in [7, 11) is 0. The van der Waals surface area contributed by atoms with Gasteiger partial charge in [0.25, 0.3) is 0 Å². The van der Waals surface area contributed by atoms with E-state index in [-0.39, 0.29) is 18.5 Å². The lowest BCUT2D eigenvalue weighted by Crippen LogP contribution is -2.45. The maximum atomic E-state index is 12.3. The summed E-state index contributed by atoms with van der Waals surface area (Å²) >= 11 is 0. The molecule has 2 atom stereocenters. The maximum absolute atomic E-state index is 12.3. The number of rotatable bonds is 42. The second-order valence-electron chi connectivity index (χ2n) is 15.7. The predicted octanol–water partition coefficient (Wildman–Crippen LogP) is 13.0. The van der Waals surface area contributed by atoms with Gasteiger partial charge < -0.3 is 20.3 Å². The number of allylic oxidation sites excluding steroid dienone is 1. The second kappa shape index (κ2) is 42.3. The number of amides is 1. The number of nitrogens with one attached hydrogen (secondary N) is 1. The van der Waals surface area contributed by atoms with Crippen LogP contribution in [-0.4, -0.2) is 47.4 Å². The van der Waals surface area contributed by atoms with E-state index in [9.17, 15) is 19.8 Å². The summed E-state index contributed by atoms with van der Waals surface area (Å²) in [6.07, 6.45) is 46.3. The van der Waals surface area contributed by atoms with Crippen molar-refractivity contribution in [3.63, 3.8) is 0 Å². The van der Waals surface area contributed by atoms with Gasteiger partial charge in [-0.1, -0.05) is 212 Å². The van der Waals surface area contributed by atoms with Crippen LogP contribution in [0.25, 0.3) is 0 Å². The Kier molecular flexibility index (Phi) is 41.2. The Morgan fingerprint density at radius 1 is 0.519 bits per heavy atom. The first-order valence-electron chi connectivity index (χ1n) is 23.0. The van der Waals surface area contributed by atoms with E-state index in [1.807, 2.05) is 6.08 Å². The number of carbonyl (C=O) groups is 2. The summed E-state index contributed by atoms with van der Waals surface area (Å²) in [5.74, 6) is -0.103. The quantitative estimate of drug-likeness (QED) is 0.0329. The van der Waals surface area contributed by atoms with E-state index in [0.29, 0.717) is 19.4 Å². The van der Waals surface area contributed by atoms with Gasteiger partial charge in [0.2, 0.25) is 5.91 Å². The first-order valence-corrected chi connectivity index (χ1v) is 23.0. The van der Waals surface area contributed by atoms with Crippen LogP contribution >= 0.6 is 0 Å². The van der Waals surface area contributed by atoms with E-state index in [1.54, 1.807) is 6.08 Å². The maximum Gasteiger partial charge on any atom is 0.305 e. The van der Waals surface area contributed by atoms with Crippen molar-refractivity contribution in [1.82, 2.24) is 5.32 Å². The molecule has 0 radical (unpaired) electrons. The smallest absolute Gasteiger partial charge is 0.305 e. The molecule has 0 aromatic heterocycles. The summed E-state index contributed by atoms with van der Waals surface area (Å²) in [5, 5.41) is 22.8. The number of aliphatic hydroxyl groups excluding tert-OH is 2. The third-order valence-corrected chi connectivity index (χ3v) is 10.6. The summed E-state index contributed by atoms with van der Waals surface area (Å²) in [5.41, 5.74) is 0. The molecule has 6 nitrogen and oxygen atoms in total. The van der Waals surface area contributed by atoms with Gasteiger partial charge in [-0.3, -0.25) is 9.59 Å². The summed E-state index contributed by atoms with van der Waals surface area (Å²) in [4.78, 5) is 24.3. The van der Waals surface area contributed by atoms with Crippen molar-refractivity contribution in [3.8, 4) is 0 Å². The minimum atomic E-state index is -0.852. The lowest BCUT2D eigenvalue weighted by molar-refractivity contribution is -0.143. The molecule has 1 amide bonds. The van der Waals surface area contributed by atoms with Crippen LogP contribution in [0.5, 0.6) is 0 Å². The van der Waals surface area contributed by atoms with Gasteiger partial charge in [-0.05, 0) is 32.1 Å². The average molecular weight is 736 g/mol. The van der Waals surface area contributed by atoms with E-state index in [1.165, 1.54) is 161 Å². The molecule has 52 heavy (non-hydrogen) atoms. The molecule has 0 saturated heterocycles. The molecule has 308 valence electrons. The Labute approximate surface area is 323 Å². The van der Waals surface area contributed by atoms with Crippen LogP contribution in [0.1, 0.15) is 245 Å². The number of hydrogen-bond donors (Lipinski definition) is 3. The molecule has 0 aromatic rings. The number of hydrogen-bond acceptors (Lipinski definition) is 5. The molecule has 0 aliphatic heterocycles. The SMILES string of the molecule is CCCCCCCCC/C=C/C(O)C(CO)NC(=O)CCCCCCCCCCCCCOC(=O)CCCCCCCCCCCCCCCCC. The Balaban J connectivity index is 3.46. The lowest BCUT2D eigenvalue weighted by atomic mass is 10.0. The highest BCUT2D eigenvalue weighted by Crippen LogP contribution is 2.15. The molecule has 3 N–H and O–H groups in total. The molecule has 0 rings (SSSR count). The van der Waals surface area contributed by atoms with Crippen LogP contribution in [0, 0.1) is 0 Å². The summed E-state index contributed by atoms with van der Waals surface area (Å²) in [6.45, 7) is 4.83. The predicted molar refractivity (Wildman–Crippen MR) is 223 cm³/mol. The van der Waals surface area contributed by atoms with Gasteiger partial charge in [0.1, 0.15) is 0 Å². The van der Waals surface area contributed by atoms with Gasteiger partial charge in [0.15, 0.2) is 0 Å². The van der Waals surface area contributed by atoms with Crippen LogP contribution in [0.4, 0.5) is 0 Å². The van der Waals surface area contributed by atoms with Crippen LogP contribution in [0.3, 0.4) is 0 Å². The number of carbonyl (C=O) groups excluding carboxylic acids is 2. The normalized spacial score (nSPS) is 12.8. The van der Waals surface area contributed by atoms with Gasteiger partial charge in [-0.2, -0.15) is 0 Å². The lowest BCUT2D eigenvalue weighted by Gasteiger charge is -2.20. The average Bonchev–Trinajstić information content (AvgIpc) is 3.14. The van der Waals surface area contributed by atoms with Crippen molar-refractivity contribution in [2.24, 2.45) is 0 Å². The highest BCUT2D eigenvalue weighted by atomic mass is 16.5. The molecule has 0 aliphatic carbocycles. The zero-order valence-corrected chi connectivity index (χ0v) is 34.8. The van der Waals surface area contributed by atoms with E-state index in [2.05, 4.69) is 19.2 Å². The molecule has 0 aromatic carbocycles. The number of aliphatic hydroxyl groups is 2. The van der Waals surface area contributed by atoms with Crippen molar-refractivity contribution in [2.75, 3.05) is 13.2 Å². The van der Waals surface area contributed by atoms with Crippen LogP contribution in [0.15, 0.2) is 12.2 Å². The Morgan fingerprint density at radius 3 is 1.31 bits per heavy atom. The number of unbranched alkanes of at least 4 members (excludes halogenated alkanes) is 31. The van der Waals surface area contributed by atoms with Gasteiger partial charge in [0.05, 0.1) is 25.4 Å². The first kappa shape index (κ1) is 50.6. The third kappa shape index (κ3) is 38.3. The highest BCUT2D eigenvalue weighted by Gasteiger charge is 2.18. The zero-order valence-electron chi connectivity index (χ0n) is 34.8. The van der Waals surface area contributed by atoms with Gasteiger partial charge in [-0.25, -0.2) is 0 Å². The molecule has 0 aliphatic rings. The molecular formula is C46H89NO5. The van der Waals surface area contributed by atoms with Crippen molar-refractivity contribution in [3.05, 3.63) is 12.2 Å². The molecule has 0 spiro atoms. The molecule has 0 bridgehead atoms. The number of esters is 1. The fourth-order valence-electron chi connectivity index (χ4n) is 6.98. The molecule has 6 heteroatoms. The van der Waals surface area contributed by atoms with E-state index in [4.69, 9.17) is 4.74 Å². The second-order valence-corrected chi connectivity index (χ2v) is 15.7. The van der Waals surface area contributed by atoms with Crippen LogP contribution in [-0.2, 0) is 14.3 Å². The van der Waals surface area contributed by atoms with Crippen molar-refractivity contribution < 1.29 is 24.5 Å². The highest BCUT2D eigenvalue weighted by molar-refractivity contribution is 5.76. The first-order chi connectivity index (χ1) is 25.5. The number of ether oxygens (including phenoxy) is 1. The molecular weight excluding hydrogens is 647 g/mol. The summed E-state index contributed by atoms with van der Waals surface area (Å²) in [6, 6.07) is -0.638. The third-order valence-electron chi connectivity index (χ3n) is 10.6. The standard InChI is InChI=1S/C46H89NO5/c1-3-5-7-9-11-13-14-15-16-17-20-24-28-32-36-40-46(51)52-41-37-33-29-25-21-18-19-23-27-31-35-39-45(50)47-43(42-48)44(49)38-34-30-26-22-12-10-8-6-4-2/h34,38,43-44,48-49H,3-33,35-37,39-42H2,1-2H3,(H,47,50)/b38-34+. The molecule has 0 saturated carbocycles. The zero-order chi connectivity index (χ0) is 38.0. The van der Waals surface area contributed by atoms with Crippen LogP contribution < -0.4 is 5.32 Å². The molecule has 0 fully saturated rings. The monoisotopic (exact) mass is 736 g/mol. The Morgan fingerprint density at radius 2 is 0.885 bits per heavy atom. The van der Waals surface area contributed by atoms with E-state index >= 15 is 0 Å². The van der Waals surface area contributed by atoms with Gasteiger partial charge >= 0.3 is 5.97 Å². The van der Waals surface area contributed by atoms with E-state index < -0.39 is 12.1 Å². The van der Waals surface area contributed by atoms with Gasteiger partial charge in [-0.15, -0.1) is 0 Å². The fraction of sp³-hybridized carbons (Fsp3) is 0.913.